The molecule has 0 bridgehead atoms. The Morgan fingerprint density at radius 3 is 3.04 bits per heavy atom. The van der Waals surface area contributed by atoms with E-state index in [9.17, 15) is 0 Å². The van der Waals surface area contributed by atoms with Crippen molar-refractivity contribution in [2.75, 3.05) is 13.1 Å². The van der Waals surface area contributed by atoms with E-state index in [0.717, 1.165) is 43.9 Å². The first kappa shape index (κ1) is 14.7. The maximum Gasteiger partial charge on any atom is 0.0460 e. The summed E-state index contributed by atoms with van der Waals surface area (Å²) in [6.45, 7) is 3.25. The molecular formula is C19H20ClN3. The Hall–Kier alpha value is -1.84. The van der Waals surface area contributed by atoms with Gasteiger partial charge in [0.25, 0.3) is 0 Å². The summed E-state index contributed by atoms with van der Waals surface area (Å²) in [6, 6.07) is 12.3. The molecule has 1 aromatic carbocycles. The molecule has 4 heteroatoms. The number of aryl methyl sites for hydroxylation is 1. The number of hydrogen-bond donors (Lipinski definition) is 1. The number of aromatic amines is 1. The van der Waals surface area contributed by atoms with E-state index >= 15 is 0 Å². The summed E-state index contributed by atoms with van der Waals surface area (Å²) in [7, 11) is 0. The minimum absolute atomic E-state index is 0.812. The van der Waals surface area contributed by atoms with E-state index < -0.39 is 0 Å². The van der Waals surface area contributed by atoms with Gasteiger partial charge >= 0.3 is 0 Å². The van der Waals surface area contributed by atoms with Crippen LogP contribution in [0.5, 0.6) is 0 Å². The Kier molecular flexibility index (Phi) is 4.06. The highest BCUT2D eigenvalue weighted by molar-refractivity contribution is 6.31. The molecule has 0 aliphatic carbocycles. The van der Waals surface area contributed by atoms with Crippen molar-refractivity contribution in [1.29, 1.82) is 0 Å². The van der Waals surface area contributed by atoms with Crippen LogP contribution in [0, 0.1) is 0 Å². The number of nitrogens with zero attached hydrogens (tertiary/aromatic N) is 2. The number of nitrogens with one attached hydrogen (secondary N) is 1. The third kappa shape index (κ3) is 3.12. The fraction of sp³-hybridized carbons (Fsp3) is 0.316. The molecule has 0 atom stereocenters. The van der Waals surface area contributed by atoms with Gasteiger partial charge in [-0.3, -0.25) is 9.88 Å². The summed E-state index contributed by atoms with van der Waals surface area (Å²) in [5.41, 5.74) is 5.19. The number of rotatable bonds is 4. The highest BCUT2D eigenvalue weighted by Crippen LogP contribution is 2.29. The van der Waals surface area contributed by atoms with Crippen LogP contribution in [-0.4, -0.2) is 28.0 Å². The van der Waals surface area contributed by atoms with Gasteiger partial charge in [0.15, 0.2) is 0 Å². The predicted octanol–water partition coefficient (Wildman–Crippen LogP) is 4.21. The molecule has 2 aromatic heterocycles. The van der Waals surface area contributed by atoms with Gasteiger partial charge in [-0.25, -0.2) is 0 Å². The Morgan fingerprint density at radius 1 is 1.22 bits per heavy atom. The molecule has 118 valence electrons. The van der Waals surface area contributed by atoms with E-state index in [1.165, 1.54) is 27.9 Å². The third-order valence-corrected chi connectivity index (χ3v) is 4.88. The molecular weight excluding hydrogens is 306 g/mol. The Bertz CT molecular complexity index is 810. The van der Waals surface area contributed by atoms with Gasteiger partial charge in [0.2, 0.25) is 0 Å². The van der Waals surface area contributed by atoms with Gasteiger partial charge in [0.1, 0.15) is 0 Å². The summed E-state index contributed by atoms with van der Waals surface area (Å²) < 4.78 is 0. The second kappa shape index (κ2) is 6.34. The van der Waals surface area contributed by atoms with Gasteiger partial charge < -0.3 is 4.98 Å². The van der Waals surface area contributed by atoms with Crippen LogP contribution in [0.4, 0.5) is 0 Å². The van der Waals surface area contributed by atoms with E-state index in [1.54, 1.807) is 0 Å². The largest absolute Gasteiger partial charge is 0.358 e. The van der Waals surface area contributed by atoms with Crippen LogP contribution in [0.15, 0.2) is 42.6 Å². The predicted molar refractivity (Wildman–Crippen MR) is 94.8 cm³/mol. The number of halogens is 1. The minimum Gasteiger partial charge on any atom is -0.358 e. The van der Waals surface area contributed by atoms with Crippen LogP contribution in [0.25, 0.3) is 10.9 Å². The van der Waals surface area contributed by atoms with Gasteiger partial charge in [-0.05, 0) is 55.3 Å². The molecule has 0 saturated heterocycles. The van der Waals surface area contributed by atoms with Crippen molar-refractivity contribution in [3.05, 3.63) is 64.6 Å². The smallest absolute Gasteiger partial charge is 0.0460 e. The van der Waals surface area contributed by atoms with E-state index in [2.05, 4.69) is 39.1 Å². The molecule has 0 amide bonds. The first-order valence-corrected chi connectivity index (χ1v) is 8.58. The molecule has 4 rings (SSSR count). The second-order valence-corrected chi connectivity index (χ2v) is 6.66. The van der Waals surface area contributed by atoms with Gasteiger partial charge in [-0.15, -0.1) is 0 Å². The van der Waals surface area contributed by atoms with Crippen LogP contribution in [0.2, 0.25) is 5.02 Å². The topological polar surface area (TPSA) is 31.9 Å². The SMILES string of the molecule is Clc1ccc2[nH]c3c(c2c1)CN(CCCc1ccccn1)CC3. The van der Waals surface area contributed by atoms with Crippen LogP contribution < -0.4 is 0 Å². The quantitative estimate of drug-likeness (QED) is 0.779. The van der Waals surface area contributed by atoms with Crippen LogP contribution >= 0.6 is 11.6 Å². The molecule has 0 radical (unpaired) electrons. The van der Waals surface area contributed by atoms with Crippen LogP contribution in [0.1, 0.15) is 23.4 Å². The van der Waals surface area contributed by atoms with Crippen molar-refractivity contribution in [1.82, 2.24) is 14.9 Å². The minimum atomic E-state index is 0.812. The molecule has 0 spiro atoms. The van der Waals surface area contributed by atoms with E-state index in [-0.39, 0.29) is 0 Å². The lowest BCUT2D eigenvalue weighted by Crippen LogP contribution is -2.31. The first-order chi connectivity index (χ1) is 11.3. The molecule has 3 aromatic rings. The summed E-state index contributed by atoms with van der Waals surface area (Å²) in [4.78, 5) is 10.5. The summed E-state index contributed by atoms with van der Waals surface area (Å²) in [5.74, 6) is 0. The first-order valence-electron chi connectivity index (χ1n) is 8.21. The van der Waals surface area contributed by atoms with Crippen molar-refractivity contribution in [2.24, 2.45) is 0 Å². The lowest BCUT2D eigenvalue weighted by molar-refractivity contribution is 0.251. The zero-order valence-corrected chi connectivity index (χ0v) is 13.8. The van der Waals surface area contributed by atoms with E-state index in [4.69, 9.17) is 11.6 Å². The van der Waals surface area contributed by atoms with Crippen molar-refractivity contribution in [2.45, 2.75) is 25.8 Å². The zero-order valence-electron chi connectivity index (χ0n) is 13.1. The van der Waals surface area contributed by atoms with Crippen molar-refractivity contribution in [3.63, 3.8) is 0 Å². The lowest BCUT2D eigenvalue weighted by atomic mass is 10.0. The molecule has 0 fully saturated rings. The number of H-pyrrole nitrogens is 1. The standard InChI is InChI=1S/C19H20ClN3/c20-14-6-7-18-16(12-14)17-13-23(11-8-19(17)22-18)10-3-5-15-4-1-2-9-21-15/h1-2,4,6-7,9,12,22H,3,5,8,10-11,13H2. The average molecular weight is 326 g/mol. The van der Waals surface area contributed by atoms with Crippen LogP contribution in [-0.2, 0) is 19.4 Å². The zero-order chi connectivity index (χ0) is 15.6. The number of aromatic nitrogens is 2. The Labute approximate surface area is 141 Å². The summed E-state index contributed by atoms with van der Waals surface area (Å²) in [6.07, 6.45) is 5.16. The normalized spacial score (nSPS) is 15.0. The summed E-state index contributed by atoms with van der Waals surface area (Å²) >= 11 is 6.17. The average Bonchev–Trinajstić information content (AvgIpc) is 2.93. The number of fused-ring (bicyclic) bond motifs is 3. The Morgan fingerprint density at radius 2 is 2.17 bits per heavy atom. The molecule has 1 aliphatic heterocycles. The number of hydrogen-bond acceptors (Lipinski definition) is 2. The molecule has 3 nitrogen and oxygen atoms in total. The maximum absolute atomic E-state index is 6.17. The monoisotopic (exact) mass is 325 g/mol. The highest BCUT2D eigenvalue weighted by Gasteiger charge is 2.20. The third-order valence-electron chi connectivity index (χ3n) is 4.65. The molecule has 3 heterocycles. The second-order valence-electron chi connectivity index (χ2n) is 6.22. The van der Waals surface area contributed by atoms with E-state index in [0.29, 0.717) is 0 Å². The summed E-state index contributed by atoms with van der Waals surface area (Å²) in [5, 5.41) is 2.09. The lowest BCUT2D eigenvalue weighted by Gasteiger charge is -2.27. The fourth-order valence-electron chi connectivity index (χ4n) is 3.46. The molecule has 1 aliphatic rings. The van der Waals surface area contributed by atoms with Crippen molar-refractivity contribution >= 4 is 22.5 Å². The number of pyridine rings is 1. The van der Waals surface area contributed by atoms with Gasteiger partial charge in [-0.1, -0.05) is 17.7 Å². The van der Waals surface area contributed by atoms with Crippen LogP contribution in [0.3, 0.4) is 0 Å². The van der Waals surface area contributed by atoms with Gasteiger partial charge in [-0.2, -0.15) is 0 Å². The van der Waals surface area contributed by atoms with Crippen molar-refractivity contribution in [3.8, 4) is 0 Å². The number of benzene rings is 1. The van der Waals surface area contributed by atoms with Gasteiger partial charge in [0.05, 0.1) is 0 Å². The Balaban J connectivity index is 1.44. The molecule has 1 N–H and O–H groups in total. The van der Waals surface area contributed by atoms with Crippen molar-refractivity contribution < 1.29 is 0 Å². The fourth-order valence-corrected chi connectivity index (χ4v) is 3.64. The molecule has 0 saturated carbocycles. The maximum atomic E-state index is 6.17. The van der Waals surface area contributed by atoms with E-state index in [1.807, 2.05) is 18.3 Å². The highest BCUT2D eigenvalue weighted by atomic mass is 35.5. The molecule has 23 heavy (non-hydrogen) atoms. The molecule has 0 unspecified atom stereocenters. The van der Waals surface area contributed by atoms with Gasteiger partial charge in [0, 0.05) is 53.0 Å².